The van der Waals surface area contributed by atoms with Crippen molar-refractivity contribution in [2.45, 2.75) is 31.3 Å². The molecule has 0 amide bonds. The number of methoxy groups -OCH3 is 1. The minimum atomic E-state index is -1.35. The highest BCUT2D eigenvalue weighted by molar-refractivity contribution is 5.78. The van der Waals surface area contributed by atoms with Gasteiger partial charge in [-0.15, -0.1) is 0 Å². The Morgan fingerprint density at radius 3 is 2.68 bits per heavy atom. The average molecular weight is 308 g/mol. The molecule has 7 nitrogen and oxygen atoms in total. The molecule has 1 aliphatic rings. The summed E-state index contributed by atoms with van der Waals surface area (Å²) in [5, 5.41) is 9.80. The summed E-state index contributed by atoms with van der Waals surface area (Å²) in [7, 11) is 1.35. The topological polar surface area (TPSA) is 99.1 Å². The lowest BCUT2D eigenvalue weighted by Gasteiger charge is -2.37. The fourth-order valence-corrected chi connectivity index (χ4v) is 3.20. The van der Waals surface area contributed by atoms with Gasteiger partial charge in [0.1, 0.15) is 11.9 Å². The van der Waals surface area contributed by atoms with E-state index in [9.17, 15) is 9.59 Å². The van der Waals surface area contributed by atoms with Crippen LogP contribution in [0.2, 0.25) is 0 Å². The molecule has 0 unspecified atom stereocenters. The Morgan fingerprint density at radius 1 is 1.32 bits per heavy atom. The smallest absolute Gasteiger partial charge is 0.469 e. The molecule has 7 heteroatoms. The van der Waals surface area contributed by atoms with Crippen molar-refractivity contribution in [3.05, 3.63) is 24.2 Å². The molecule has 0 atom stereocenters. The van der Waals surface area contributed by atoms with Gasteiger partial charge in [-0.1, -0.05) is 0 Å². The van der Waals surface area contributed by atoms with Gasteiger partial charge in [0.05, 0.1) is 24.7 Å². The van der Waals surface area contributed by atoms with E-state index in [1.807, 2.05) is 0 Å². The van der Waals surface area contributed by atoms with Crippen LogP contribution in [0.1, 0.15) is 31.2 Å². The largest absolute Gasteiger partial charge is 0.506 e. The van der Waals surface area contributed by atoms with Crippen LogP contribution in [0.3, 0.4) is 0 Å². The molecule has 0 aromatic carbocycles. The van der Waals surface area contributed by atoms with Gasteiger partial charge in [0.25, 0.3) is 5.78 Å². The third-order valence-corrected chi connectivity index (χ3v) is 4.31. The van der Waals surface area contributed by atoms with Crippen LogP contribution in [0.5, 0.6) is 0 Å². The van der Waals surface area contributed by atoms with Gasteiger partial charge in [0, 0.05) is 5.56 Å². The monoisotopic (exact) mass is 308 g/mol. The molecule has 1 aliphatic carbocycles. The van der Waals surface area contributed by atoms with Crippen molar-refractivity contribution in [3.8, 4) is 0 Å². The second-order valence-electron chi connectivity index (χ2n) is 5.43. The van der Waals surface area contributed by atoms with Crippen molar-refractivity contribution in [2.24, 2.45) is 5.92 Å². The summed E-state index contributed by atoms with van der Waals surface area (Å²) in [4.78, 5) is 22.8. The van der Waals surface area contributed by atoms with Crippen molar-refractivity contribution in [1.29, 1.82) is 0 Å². The van der Waals surface area contributed by atoms with E-state index < -0.39 is 11.8 Å². The first kappa shape index (κ1) is 14.5. The summed E-state index contributed by atoms with van der Waals surface area (Å²) in [6.45, 7) is 0. The summed E-state index contributed by atoms with van der Waals surface area (Å²) in [5.74, 6) is -0.176. The van der Waals surface area contributed by atoms with Crippen LogP contribution < -0.4 is 0 Å². The Kier molecular flexibility index (Phi) is 3.56. The molecule has 2 aromatic heterocycles. The lowest BCUT2D eigenvalue weighted by Crippen LogP contribution is -2.38. The lowest BCUT2D eigenvalue weighted by atomic mass is 9.75. The molecule has 1 N–H and O–H groups in total. The van der Waals surface area contributed by atoms with Crippen LogP contribution in [-0.2, 0) is 19.9 Å². The van der Waals surface area contributed by atoms with Crippen molar-refractivity contribution in [2.75, 3.05) is 7.11 Å². The summed E-state index contributed by atoms with van der Waals surface area (Å²) in [6.07, 6.45) is 3.35. The first-order chi connectivity index (χ1) is 10.6. The number of rotatable bonds is 3. The summed E-state index contributed by atoms with van der Waals surface area (Å²) >= 11 is 0. The minimum Gasteiger partial charge on any atom is -0.469 e. The van der Waals surface area contributed by atoms with Crippen molar-refractivity contribution >= 4 is 23.3 Å². The molecule has 2 heterocycles. The van der Waals surface area contributed by atoms with Gasteiger partial charge in [-0.05, 0) is 31.7 Å². The standard InChI is InChI=1S/C15H16O7/c1-19-12(16)9-2-5-15(6-3-9,22-14(17)18)11-8-21-13-10(11)4-7-20-13/h4,7-9H,2-3,5-6H2,1H3,(H,17,18). The SMILES string of the molecule is COC(=O)C1CCC(OC(=O)O)(c2coc3occc23)CC1. The van der Waals surface area contributed by atoms with E-state index in [1.165, 1.54) is 19.6 Å². The van der Waals surface area contributed by atoms with E-state index in [0.717, 1.165) is 0 Å². The van der Waals surface area contributed by atoms with Crippen LogP contribution in [0.4, 0.5) is 4.79 Å². The van der Waals surface area contributed by atoms with Gasteiger partial charge in [0.2, 0.25) is 0 Å². The number of carboxylic acid groups (broad SMARTS) is 1. The highest BCUT2D eigenvalue weighted by Crippen LogP contribution is 2.46. The number of carbonyl (C=O) groups excluding carboxylic acids is 1. The minimum absolute atomic E-state index is 0.234. The number of fused-ring (bicyclic) bond motifs is 1. The highest BCUT2D eigenvalue weighted by atomic mass is 16.7. The van der Waals surface area contributed by atoms with Crippen LogP contribution >= 0.6 is 0 Å². The maximum absolute atomic E-state index is 11.6. The Labute approximate surface area is 125 Å². The second kappa shape index (κ2) is 5.40. The number of furan rings is 2. The average Bonchev–Trinajstić information content (AvgIpc) is 3.09. The van der Waals surface area contributed by atoms with E-state index in [1.54, 1.807) is 6.07 Å². The molecule has 1 fully saturated rings. The molecule has 3 rings (SSSR count). The van der Waals surface area contributed by atoms with Crippen molar-refractivity contribution in [1.82, 2.24) is 0 Å². The number of ether oxygens (including phenoxy) is 2. The zero-order valence-electron chi connectivity index (χ0n) is 12.0. The second-order valence-corrected chi connectivity index (χ2v) is 5.43. The van der Waals surface area contributed by atoms with Gasteiger partial charge in [-0.25, -0.2) is 4.79 Å². The quantitative estimate of drug-likeness (QED) is 0.868. The normalized spacial score (nSPS) is 25.0. The molecular formula is C15H16O7. The fourth-order valence-electron chi connectivity index (χ4n) is 3.20. The number of hydrogen-bond acceptors (Lipinski definition) is 6. The lowest BCUT2D eigenvalue weighted by molar-refractivity contribution is -0.149. The van der Waals surface area contributed by atoms with Crippen LogP contribution in [-0.4, -0.2) is 24.3 Å². The zero-order valence-corrected chi connectivity index (χ0v) is 12.0. The van der Waals surface area contributed by atoms with E-state index >= 15 is 0 Å². The van der Waals surface area contributed by atoms with Crippen LogP contribution in [0, 0.1) is 5.92 Å². The Morgan fingerprint density at radius 2 is 2.05 bits per heavy atom. The maximum Gasteiger partial charge on any atom is 0.506 e. The van der Waals surface area contributed by atoms with E-state index in [-0.39, 0.29) is 11.9 Å². The van der Waals surface area contributed by atoms with E-state index in [2.05, 4.69) is 0 Å². The summed E-state index contributed by atoms with van der Waals surface area (Å²) in [5.41, 5.74) is -0.382. The molecule has 0 spiro atoms. The molecule has 0 aliphatic heterocycles. The van der Waals surface area contributed by atoms with E-state index in [4.69, 9.17) is 23.4 Å². The first-order valence-electron chi connectivity index (χ1n) is 7.01. The van der Waals surface area contributed by atoms with Gasteiger partial charge < -0.3 is 23.4 Å². The predicted molar refractivity (Wildman–Crippen MR) is 73.2 cm³/mol. The van der Waals surface area contributed by atoms with Crippen molar-refractivity contribution < 1.29 is 33.0 Å². The van der Waals surface area contributed by atoms with Crippen molar-refractivity contribution in [3.63, 3.8) is 0 Å². The number of esters is 1. The van der Waals surface area contributed by atoms with Gasteiger partial charge in [-0.3, -0.25) is 4.79 Å². The maximum atomic E-state index is 11.6. The van der Waals surface area contributed by atoms with Gasteiger partial charge in [-0.2, -0.15) is 0 Å². The molecule has 118 valence electrons. The molecular weight excluding hydrogens is 292 g/mol. The van der Waals surface area contributed by atoms with E-state index in [0.29, 0.717) is 42.4 Å². The van der Waals surface area contributed by atoms with Crippen LogP contribution in [0.25, 0.3) is 11.2 Å². The Balaban J connectivity index is 1.92. The fraction of sp³-hybridized carbons (Fsp3) is 0.467. The highest BCUT2D eigenvalue weighted by Gasteiger charge is 2.44. The third kappa shape index (κ3) is 2.32. The molecule has 0 radical (unpaired) electrons. The predicted octanol–water partition coefficient (Wildman–Crippen LogP) is 3.28. The van der Waals surface area contributed by atoms with Gasteiger partial charge >= 0.3 is 12.1 Å². The first-order valence-corrected chi connectivity index (χ1v) is 7.01. The molecule has 22 heavy (non-hydrogen) atoms. The number of carbonyl (C=O) groups is 2. The Bertz CT molecular complexity index is 688. The molecule has 0 bridgehead atoms. The molecule has 0 saturated heterocycles. The molecule has 2 aromatic rings. The third-order valence-electron chi connectivity index (χ3n) is 4.31. The Hall–Kier alpha value is -2.44. The van der Waals surface area contributed by atoms with Crippen LogP contribution in [0.15, 0.2) is 27.4 Å². The number of hydrogen-bond donors (Lipinski definition) is 1. The summed E-state index contributed by atoms with van der Waals surface area (Å²) < 4.78 is 20.5. The zero-order chi connectivity index (χ0) is 15.7. The van der Waals surface area contributed by atoms with Gasteiger partial charge in [0.15, 0.2) is 0 Å². The summed E-state index contributed by atoms with van der Waals surface area (Å²) in [6, 6.07) is 1.72. The molecule has 1 saturated carbocycles.